The first-order valence-corrected chi connectivity index (χ1v) is 5.15. The molecule has 5 nitrogen and oxygen atoms in total. The van der Waals surface area contributed by atoms with Gasteiger partial charge in [0.15, 0.2) is 0 Å². The maximum atomic E-state index is 5.01. The van der Waals surface area contributed by atoms with Crippen molar-refractivity contribution < 1.29 is 4.74 Å². The molecule has 1 radical (unpaired) electrons. The molecule has 1 atom stereocenters. The lowest BCUT2D eigenvalue weighted by Gasteiger charge is -2.24. The Balaban J connectivity index is 1.96. The monoisotopic (exact) mass is 207 g/mol. The molecule has 1 unspecified atom stereocenters. The Bertz CT molecular complexity index is 312. The van der Waals surface area contributed by atoms with Crippen LogP contribution in [0.1, 0.15) is 12.8 Å². The van der Waals surface area contributed by atoms with Gasteiger partial charge in [0.1, 0.15) is 5.82 Å². The minimum absolute atomic E-state index is 0.437. The highest BCUT2D eigenvalue weighted by atomic mass is 16.5. The summed E-state index contributed by atoms with van der Waals surface area (Å²) in [5.74, 6) is 1.31. The highest BCUT2D eigenvalue weighted by Crippen LogP contribution is 2.13. The second kappa shape index (κ2) is 4.93. The molecule has 0 saturated carbocycles. The highest BCUT2D eigenvalue weighted by Gasteiger charge is 2.13. The first-order chi connectivity index (χ1) is 7.38. The maximum Gasteiger partial charge on any atom is 0.218 e. The van der Waals surface area contributed by atoms with E-state index in [0.717, 1.165) is 18.9 Å². The number of rotatable bonds is 3. The average molecular weight is 207 g/mol. The number of aromatic nitrogens is 2. The minimum atomic E-state index is 0.437. The molecule has 0 bridgehead atoms. The fraction of sp³-hybridized carbons (Fsp3) is 0.600. The van der Waals surface area contributed by atoms with Crippen LogP contribution in [0.2, 0.25) is 0 Å². The van der Waals surface area contributed by atoms with Crippen LogP contribution >= 0.6 is 0 Å². The van der Waals surface area contributed by atoms with E-state index in [1.807, 2.05) is 0 Å². The van der Waals surface area contributed by atoms with E-state index in [0.29, 0.717) is 11.9 Å². The van der Waals surface area contributed by atoms with Crippen LogP contribution in [-0.2, 0) is 0 Å². The van der Waals surface area contributed by atoms with Crippen LogP contribution in [-0.4, -0.2) is 36.2 Å². The number of anilines is 1. The lowest BCUT2D eigenvalue weighted by molar-refractivity contribution is 0.396. The molecule has 1 aromatic rings. The van der Waals surface area contributed by atoms with Gasteiger partial charge in [-0.25, -0.2) is 4.98 Å². The summed E-state index contributed by atoms with van der Waals surface area (Å²) in [4.78, 5) is 7.86. The van der Waals surface area contributed by atoms with Crippen molar-refractivity contribution in [3.05, 3.63) is 12.4 Å². The van der Waals surface area contributed by atoms with Crippen molar-refractivity contribution in [2.24, 2.45) is 0 Å². The van der Waals surface area contributed by atoms with Crippen molar-refractivity contribution in [2.75, 3.05) is 25.5 Å². The molecule has 1 aliphatic rings. The third kappa shape index (κ3) is 2.79. The van der Waals surface area contributed by atoms with Gasteiger partial charge in [0.05, 0.1) is 7.11 Å². The summed E-state index contributed by atoms with van der Waals surface area (Å²) in [6.45, 7) is 2.09. The van der Waals surface area contributed by atoms with Crippen LogP contribution < -0.4 is 15.4 Å². The molecule has 2 heterocycles. The molecule has 0 spiro atoms. The summed E-state index contributed by atoms with van der Waals surface area (Å²) in [6.07, 6.45) is 4.93. The number of ether oxygens (including phenoxy) is 1. The Hall–Kier alpha value is -1.36. The quantitative estimate of drug-likeness (QED) is 0.753. The molecule has 0 amide bonds. The Labute approximate surface area is 89.3 Å². The van der Waals surface area contributed by atoms with E-state index in [1.54, 1.807) is 13.2 Å². The van der Waals surface area contributed by atoms with Crippen molar-refractivity contribution in [3.8, 4) is 5.88 Å². The van der Waals surface area contributed by atoms with Gasteiger partial charge in [-0.2, -0.15) is 4.98 Å². The van der Waals surface area contributed by atoms with Gasteiger partial charge in [-0.1, -0.05) is 0 Å². The Morgan fingerprint density at radius 3 is 3.27 bits per heavy atom. The fourth-order valence-electron chi connectivity index (χ4n) is 1.67. The van der Waals surface area contributed by atoms with Gasteiger partial charge in [0.25, 0.3) is 0 Å². The van der Waals surface area contributed by atoms with Crippen molar-refractivity contribution in [3.63, 3.8) is 0 Å². The molecule has 2 rings (SSSR count). The largest absolute Gasteiger partial charge is 0.481 e. The van der Waals surface area contributed by atoms with E-state index in [-0.39, 0.29) is 0 Å². The maximum absolute atomic E-state index is 5.01. The van der Waals surface area contributed by atoms with Gasteiger partial charge in [-0.05, 0) is 19.4 Å². The van der Waals surface area contributed by atoms with Gasteiger partial charge in [-0.15, -0.1) is 0 Å². The summed E-state index contributed by atoms with van der Waals surface area (Å²) in [6, 6.07) is 2.22. The van der Waals surface area contributed by atoms with E-state index < -0.39 is 0 Å². The molecule has 0 aromatic carbocycles. The molecule has 81 valence electrons. The first-order valence-electron chi connectivity index (χ1n) is 5.15. The number of nitrogens with zero attached hydrogens (tertiary/aromatic N) is 2. The third-order valence-corrected chi connectivity index (χ3v) is 2.45. The van der Waals surface area contributed by atoms with Crippen LogP contribution in [0.3, 0.4) is 0 Å². The van der Waals surface area contributed by atoms with Crippen molar-refractivity contribution >= 4 is 5.82 Å². The smallest absolute Gasteiger partial charge is 0.218 e. The van der Waals surface area contributed by atoms with Crippen LogP contribution in [0.5, 0.6) is 5.88 Å². The van der Waals surface area contributed by atoms with E-state index >= 15 is 0 Å². The molecule has 1 saturated heterocycles. The molecular formula is C10H15N4O. The summed E-state index contributed by atoms with van der Waals surface area (Å²) in [7, 11) is 1.59. The van der Waals surface area contributed by atoms with E-state index in [1.165, 1.54) is 12.8 Å². The van der Waals surface area contributed by atoms with Gasteiger partial charge in [-0.3, -0.25) is 0 Å². The number of piperidine rings is 1. The van der Waals surface area contributed by atoms with Gasteiger partial charge in [0.2, 0.25) is 12.2 Å². The standard InChI is InChI=1S/C10H15N4O/c1-15-10-5-9(12-7-13-10)14-8-3-2-4-11-6-8/h5,8,11H,2-4,6H2,1H3,(H,12,13,14). The topological polar surface area (TPSA) is 59.1 Å². The molecule has 0 aliphatic carbocycles. The van der Waals surface area contributed by atoms with Crippen molar-refractivity contribution in [1.29, 1.82) is 0 Å². The summed E-state index contributed by atoms with van der Waals surface area (Å²) in [5, 5.41) is 6.67. The van der Waals surface area contributed by atoms with Crippen LogP contribution in [0.25, 0.3) is 0 Å². The number of hydrogen-bond acceptors (Lipinski definition) is 5. The Kier molecular flexibility index (Phi) is 3.34. The van der Waals surface area contributed by atoms with Gasteiger partial charge >= 0.3 is 0 Å². The molecule has 15 heavy (non-hydrogen) atoms. The first kappa shape index (κ1) is 10.2. The highest BCUT2D eigenvalue weighted by molar-refractivity contribution is 5.38. The fourth-order valence-corrected chi connectivity index (χ4v) is 1.67. The van der Waals surface area contributed by atoms with Crippen molar-refractivity contribution in [1.82, 2.24) is 15.3 Å². The number of methoxy groups -OCH3 is 1. The molecule has 2 N–H and O–H groups in total. The third-order valence-electron chi connectivity index (χ3n) is 2.45. The second-order valence-electron chi connectivity index (χ2n) is 3.58. The number of nitrogens with one attached hydrogen (secondary N) is 2. The molecule has 1 fully saturated rings. The summed E-state index contributed by atoms with van der Waals surface area (Å²) in [5.41, 5.74) is 0. The molecule has 1 aliphatic heterocycles. The lowest BCUT2D eigenvalue weighted by Crippen LogP contribution is -2.38. The normalized spacial score (nSPS) is 21.0. The zero-order valence-corrected chi connectivity index (χ0v) is 8.79. The van der Waals surface area contributed by atoms with Crippen LogP contribution in [0.4, 0.5) is 5.82 Å². The summed E-state index contributed by atoms with van der Waals surface area (Å²) < 4.78 is 5.01. The summed E-state index contributed by atoms with van der Waals surface area (Å²) >= 11 is 0. The van der Waals surface area contributed by atoms with E-state index in [4.69, 9.17) is 4.74 Å². The predicted octanol–water partition coefficient (Wildman–Crippen LogP) is 0.449. The Morgan fingerprint density at radius 2 is 2.53 bits per heavy atom. The lowest BCUT2D eigenvalue weighted by atomic mass is 10.1. The second-order valence-corrected chi connectivity index (χ2v) is 3.58. The Morgan fingerprint density at radius 1 is 1.60 bits per heavy atom. The molecule has 1 aromatic heterocycles. The van der Waals surface area contributed by atoms with Crippen LogP contribution in [0.15, 0.2) is 6.07 Å². The average Bonchev–Trinajstić information content (AvgIpc) is 2.31. The van der Waals surface area contributed by atoms with E-state index in [9.17, 15) is 0 Å². The number of hydrogen-bond donors (Lipinski definition) is 2. The predicted molar refractivity (Wildman–Crippen MR) is 56.9 cm³/mol. The van der Waals surface area contributed by atoms with Gasteiger partial charge in [0, 0.05) is 18.7 Å². The minimum Gasteiger partial charge on any atom is -0.481 e. The van der Waals surface area contributed by atoms with Crippen molar-refractivity contribution in [2.45, 2.75) is 18.9 Å². The van der Waals surface area contributed by atoms with Crippen LogP contribution in [0, 0.1) is 6.33 Å². The molecular weight excluding hydrogens is 192 g/mol. The molecule has 5 heteroatoms. The van der Waals surface area contributed by atoms with E-state index in [2.05, 4.69) is 26.9 Å². The van der Waals surface area contributed by atoms with Gasteiger partial charge < -0.3 is 15.4 Å². The SMILES string of the molecule is COc1cc(NC2CCCNC2)n[c]n1. The zero-order chi connectivity index (χ0) is 10.5. The zero-order valence-electron chi connectivity index (χ0n) is 8.79.